The zero-order chi connectivity index (χ0) is 24.9. The first-order chi connectivity index (χ1) is 16.8. The number of aromatic nitrogens is 1. The number of aryl methyl sites for hydroxylation is 1. The van der Waals surface area contributed by atoms with Crippen molar-refractivity contribution in [2.24, 2.45) is 7.05 Å². The minimum absolute atomic E-state index is 0.0113. The number of carbonyl (C=O) groups excluding carboxylic acids is 2. The molecule has 2 fully saturated rings. The van der Waals surface area contributed by atoms with Crippen LogP contribution in [0.5, 0.6) is 5.75 Å². The first kappa shape index (κ1) is 23.2. The number of aliphatic hydroxyl groups is 1. The lowest BCUT2D eigenvalue weighted by molar-refractivity contribution is -0.141. The second-order valence-corrected chi connectivity index (χ2v) is 9.97. The Morgan fingerprint density at radius 3 is 2.49 bits per heavy atom. The minimum atomic E-state index is -0.631. The van der Waals surface area contributed by atoms with E-state index in [4.69, 9.17) is 4.74 Å². The Kier molecular flexibility index (Phi) is 5.91. The predicted octanol–water partition coefficient (Wildman–Crippen LogP) is 5.67. The van der Waals surface area contributed by atoms with Gasteiger partial charge >= 0.3 is 0 Å². The van der Waals surface area contributed by atoms with E-state index in [9.17, 15) is 14.7 Å². The van der Waals surface area contributed by atoms with Gasteiger partial charge in [-0.3, -0.25) is 9.59 Å². The van der Waals surface area contributed by atoms with Crippen molar-refractivity contribution in [1.82, 2.24) is 9.47 Å². The van der Waals surface area contributed by atoms with Crippen LogP contribution in [-0.4, -0.2) is 39.4 Å². The number of hydrogen-bond acceptors (Lipinski definition) is 4. The summed E-state index contributed by atoms with van der Waals surface area (Å²) in [5.74, 6) is -0.379. The first-order valence-electron chi connectivity index (χ1n) is 12.4. The van der Waals surface area contributed by atoms with Gasteiger partial charge in [-0.1, -0.05) is 44.9 Å². The molecule has 1 unspecified atom stereocenters. The van der Waals surface area contributed by atoms with E-state index >= 15 is 0 Å². The molecule has 2 aromatic carbocycles. The predicted molar refractivity (Wildman–Crippen MR) is 136 cm³/mol. The molecule has 1 aromatic heterocycles. The van der Waals surface area contributed by atoms with Crippen LogP contribution >= 0.6 is 0 Å². The maximum Gasteiger partial charge on any atom is 0.295 e. The summed E-state index contributed by atoms with van der Waals surface area (Å²) in [4.78, 5) is 28.7. The molecule has 1 atom stereocenters. The number of Topliss-reactive ketones (excluding diaryl/α,β-unsaturated/α-hetero) is 1. The molecule has 35 heavy (non-hydrogen) atoms. The van der Waals surface area contributed by atoms with E-state index in [1.54, 1.807) is 18.1 Å². The number of carbonyl (C=O) groups is 2. The molecular weight excluding hydrogens is 440 g/mol. The molecule has 3 aromatic rings. The maximum atomic E-state index is 13.5. The molecule has 1 aliphatic heterocycles. The van der Waals surface area contributed by atoms with Crippen molar-refractivity contribution in [1.29, 1.82) is 0 Å². The largest absolute Gasteiger partial charge is 0.507 e. The summed E-state index contributed by atoms with van der Waals surface area (Å²) in [7, 11) is 3.58. The summed E-state index contributed by atoms with van der Waals surface area (Å²) in [6.45, 7) is 4.10. The minimum Gasteiger partial charge on any atom is -0.507 e. The third-order valence-electron chi connectivity index (χ3n) is 7.55. The van der Waals surface area contributed by atoms with E-state index in [-0.39, 0.29) is 23.3 Å². The van der Waals surface area contributed by atoms with Crippen LogP contribution in [0, 0.1) is 0 Å². The summed E-state index contributed by atoms with van der Waals surface area (Å²) in [5.41, 5.74) is 3.50. The number of ketones is 1. The van der Waals surface area contributed by atoms with Gasteiger partial charge in [0.1, 0.15) is 11.5 Å². The van der Waals surface area contributed by atoms with Crippen molar-refractivity contribution in [3.8, 4) is 5.75 Å². The van der Waals surface area contributed by atoms with Crippen molar-refractivity contribution >= 4 is 28.4 Å². The van der Waals surface area contributed by atoms with Gasteiger partial charge in [-0.05, 0) is 48.6 Å². The van der Waals surface area contributed by atoms with Crippen LogP contribution in [0.15, 0.2) is 54.2 Å². The lowest BCUT2D eigenvalue weighted by Gasteiger charge is -2.30. The van der Waals surface area contributed by atoms with Crippen molar-refractivity contribution < 1.29 is 19.4 Å². The van der Waals surface area contributed by atoms with Gasteiger partial charge in [0.05, 0.1) is 18.7 Å². The van der Waals surface area contributed by atoms with Crippen LogP contribution < -0.4 is 4.74 Å². The second kappa shape index (κ2) is 8.91. The number of para-hydroxylation sites is 1. The highest BCUT2D eigenvalue weighted by Crippen LogP contribution is 2.46. The lowest BCUT2D eigenvalue weighted by atomic mass is 9.92. The Morgan fingerprint density at radius 2 is 1.80 bits per heavy atom. The van der Waals surface area contributed by atoms with Gasteiger partial charge in [0.15, 0.2) is 0 Å². The highest BCUT2D eigenvalue weighted by Gasteiger charge is 2.50. The van der Waals surface area contributed by atoms with Crippen molar-refractivity contribution in [2.75, 3.05) is 7.11 Å². The van der Waals surface area contributed by atoms with Gasteiger partial charge < -0.3 is 19.3 Å². The van der Waals surface area contributed by atoms with Crippen molar-refractivity contribution in [2.45, 2.75) is 57.5 Å². The van der Waals surface area contributed by atoms with Crippen molar-refractivity contribution in [3.63, 3.8) is 0 Å². The van der Waals surface area contributed by atoms with Crippen LogP contribution in [0.4, 0.5) is 0 Å². The molecule has 2 aliphatic rings. The van der Waals surface area contributed by atoms with Crippen LogP contribution in [0.25, 0.3) is 16.7 Å². The third-order valence-corrected chi connectivity index (χ3v) is 7.55. The number of likely N-dealkylation sites (tertiary alicyclic amines) is 1. The first-order valence-corrected chi connectivity index (χ1v) is 12.4. The van der Waals surface area contributed by atoms with E-state index in [1.807, 2.05) is 54.2 Å². The summed E-state index contributed by atoms with van der Waals surface area (Å²) < 4.78 is 7.52. The summed E-state index contributed by atoms with van der Waals surface area (Å²) in [5, 5.41) is 12.6. The zero-order valence-electron chi connectivity index (χ0n) is 20.7. The summed E-state index contributed by atoms with van der Waals surface area (Å²) in [6.07, 6.45) is 5.80. The average Bonchev–Trinajstić information content (AvgIpc) is 3.56. The number of methoxy groups -OCH3 is 1. The number of hydrogen-bond donors (Lipinski definition) is 1. The molecule has 0 bridgehead atoms. The van der Waals surface area contributed by atoms with Crippen LogP contribution in [0.2, 0.25) is 0 Å². The molecule has 1 saturated heterocycles. The van der Waals surface area contributed by atoms with Crippen LogP contribution in [0.3, 0.4) is 0 Å². The maximum absolute atomic E-state index is 13.5. The van der Waals surface area contributed by atoms with Gasteiger partial charge in [0, 0.05) is 41.3 Å². The van der Waals surface area contributed by atoms with Crippen LogP contribution in [-0.2, 0) is 16.6 Å². The number of fused-ring (bicyclic) bond motifs is 1. The zero-order valence-corrected chi connectivity index (χ0v) is 20.7. The summed E-state index contributed by atoms with van der Waals surface area (Å²) >= 11 is 0. The van der Waals surface area contributed by atoms with E-state index < -0.39 is 17.7 Å². The highest BCUT2D eigenvalue weighted by atomic mass is 16.5. The monoisotopic (exact) mass is 472 g/mol. The van der Waals surface area contributed by atoms with E-state index in [2.05, 4.69) is 13.8 Å². The van der Waals surface area contributed by atoms with Crippen molar-refractivity contribution in [3.05, 3.63) is 70.9 Å². The Bertz CT molecular complexity index is 1340. The molecule has 5 rings (SSSR count). The Labute approximate surface area is 205 Å². The van der Waals surface area contributed by atoms with Gasteiger partial charge in [-0.2, -0.15) is 0 Å². The lowest BCUT2D eigenvalue weighted by Crippen LogP contribution is -2.37. The molecule has 0 spiro atoms. The molecule has 1 aliphatic carbocycles. The smallest absolute Gasteiger partial charge is 0.295 e. The number of ether oxygens (including phenoxy) is 1. The molecule has 0 radical (unpaired) electrons. The fraction of sp³-hybridized carbons (Fsp3) is 0.379. The van der Waals surface area contributed by atoms with E-state index in [0.717, 1.165) is 53.5 Å². The molecule has 1 amide bonds. The molecule has 2 heterocycles. The molecule has 6 nitrogen and oxygen atoms in total. The van der Waals surface area contributed by atoms with Gasteiger partial charge in [0.2, 0.25) is 0 Å². The quantitative estimate of drug-likeness (QED) is 0.295. The molecule has 1 saturated carbocycles. The van der Waals surface area contributed by atoms with Crippen LogP contribution in [0.1, 0.15) is 68.2 Å². The Hall–Kier alpha value is -3.54. The molecule has 6 heteroatoms. The van der Waals surface area contributed by atoms with Gasteiger partial charge in [-0.25, -0.2) is 0 Å². The Balaban J connectivity index is 1.74. The highest BCUT2D eigenvalue weighted by molar-refractivity contribution is 6.46. The van der Waals surface area contributed by atoms with E-state index in [1.165, 1.54) is 0 Å². The second-order valence-electron chi connectivity index (χ2n) is 9.97. The molecular formula is C29H32N2O4. The Morgan fingerprint density at radius 1 is 1.09 bits per heavy atom. The van der Waals surface area contributed by atoms with Gasteiger partial charge in [-0.15, -0.1) is 0 Å². The normalized spacial score (nSPS) is 20.5. The molecule has 182 valence electrons. The average molecular weight is 473 g/mol. The fourth-order valence-corrected chi connectivity index (χ4v) is 5.79. The number of benzene rings is 2. The topological polar surface area (TPSA) is 71.8 Å². The number of aliphatic hydroxyl groups excluding tert-OH is 1. The third kappa shape index (κ3) is 3.72. The number of nitrogens with zero attached hydrogens (tertiary/aromatic N) is 2. The summed E-state index contributed by atoms with van der Waals surface area (Å²) in [6, 6.07) is 12.8. The number of amides is 1. The number of rotatable bonds is 5. The SMILES string of the molecule is COc1ccc(/C(O)=C2\C(=O)C(=O)N(C3CCCC3)C2c2cn(C)c3ccccc23)cc1C(C)C. The fourth-order valence-electron chi connectivity index (χ4n) is 5.79. The molecule has 1 N–H and O–H groups in total. The standard InChI is InChI=1S/C29H32N2O4/c1-17(2)21-15-18(13-14-24(21)35-4)27(32)25-26(22-16-30(3)23-12-8-7-11-20(22)23)31(29(34)28(25)33)19-9-5-6-10-19/h7-8,11-17,19,26,32H,5-6,9-10H2,1-4H3/b27-25+. The van der Waals surface area contributed by atoms with E-state index in [0.29, 0.717) is 5.56 Å². The van der Waals surface area contributed by atoms with Gasteiger partial charge in [0.25, 0.3) is 11.7 Å².